The van der Waals surface area contributed by atoms with Gasteiger partial charge in [0.1, 0.15) is 0 Å². The van der Waals surface area contributed by atoms with Gasteiger partial charge in [0.25, 0.3) is 0 Å². The van der Waals surface area contributed by atoms with E-state index in [1.807, 2.05) is 25.3 Å². The molecule has 16 heavy (non-hydrogen) atoms. The van der Waals surface area contributed by atoms with Crippen LogP contribution >= 0.6 is 0 Å². The SMILES string of the molecule is Cc1ccc(CNCCCCC(=O)O)cn1. The van der Waals surface area contributed by atoms with Crippen LogP contribution in [0.1, 0.15) is 30.5 Å². The molecule has 0 radical (unpaired) electrons. The number of carboxylic acid groups (broad SMARTS) is 1. The number of aromatic nitrogens is 1. The number of hydrogen-bond acceptors (Lipinski definition) is 3. The van der Waals surface area contributed by atoms with Crippen molar-refractivity contribution >= 4 is 5.97 Å². The molecule has 1 aromatic heterocycles. The summed E-state index contributed by atoms with van der Waals surface area (Å²) < 4.78 is 0. The molecule has 0 aromatic carbocycles. The van der Waals surface area contributed by atoms with Crippen LogP contribution < -0.4 is 5.32 Å². The van der Waals surface area contributed by atoms with E-state index in [0.717, 1.165) is 37.2 Å². The molecule has 88 valence electrons. The van der Waals surface area contributed by atoms with Gasteiger partial charge in [-0.3, -0.25) is 9.78 Å². The van der Waals surface area contributed by atoms with Gasteiger partial charge in [-0.05, 0) is 37.9 Å². The number of nitrogens with one attached hydrogen (secondary N) is 1. The van der Waals surface area contributed by atoms with Crippen LogP contribution in [0.25, 0.3) is 0 Å². The van der Waals surface area contributed by atoms with Gasteiger partial charge in [-0.25, -0.2) is 0 Å². The number of aliphatic carboxylic acids is 1. The molecule has 1 rings (SSSR count). The number of unbranched alkanes of at least 4 members (excludes halogenated alkanes) is 1. The zero-order valence-electron chi connectivity index (χ0n) is 9.57. The molecule has 0 aliphatic rings. The summed E-state index contributed by atoms with van der Waals surface area (Å²) in [5, 5.41) is 11.7. The van der Waals surface area contributed by atoms with Gasteiger partial charge in [0.05, 0.1) is 0 Å². The topological polar surface area (TPSA) is 62.2 Å². The molecule has 1 heterocycles. The van der Waals surface area contributed by atoms with Crippen molar-refractivity contribution in [1.29, 1.82) is 0 Å². The van der Waals surface area contributed by atoms with E-state index < -0.39 is 5.97 Å². The number of rotatable bonds is 7. The Hall–Kier alpha value is -1.42. The minimum atomic E-state index is -0.720. The predicted molar refractivity (Wildman–Crippen MR) is 62.2 cm³/mol. The third kappa shape index (κ3) is 5.46. The molecule has 4 heteroatoms. The van der Waals surface area contributed by atoms with E-state index in [1.165, 1.54) is 0 Å². The van der Waals surface area contributed by atoms with Crippen molar-refractivity contribution in [2.75, 3.05) is 6.54 Å². The Morgan fingerprint density at radius 3 is 2.88 bits per heavy atom. The fraction of sp³-hybridized carbons (Fsp3) is 0.500. The van der Waals surface area contributed by atoms with Crippen LogP contribution in [0.3, 0.4) is 0 Å². The molecule has 0 saturated carbocycles. The Morgan fingerprint density at radius 1 is 1.44 bits per heavy atom. The van der Waals surface area contributed by atoms with Crippen molar-refractivity contribution in [3.05, 3.63) is 29.6 Å². The fourth-order valence-electron chi connectivity index (χ4n) is 1.36. The highest BCUT2D eigenvalue weighted by atomic mass is 16.4. The molecule has 0 atom stereocenters. The number of carboxylic acids is 1. The van der Waals surface area contributed by atoms with Gasteiger partial charge in [0, 0.05) is 24.9 Å². The Balaban J connectivity index is 2.07. The maximum atomic E-state index is 10.3. The van der Waals surface area contributed by atoms with E-state index in [9.17, 15) is 4.79 Å². The van der Waals surface area contributed by atoms with Crippen molar-refractivity contribution in [2.24, 2.45) is 0 Å². The van der Waals surface area contributed by atoms with Crippen molar-refractivity contribution in [1.82, 2.24) is 10.3 Å². The highest BCUT2D eigenvalue weighted by molar-refractivity contribution is 5.66. The summed E-state index contributed by atoms with van der Waals surface area (Å²) in [5.74, 6) is -0.720. The van der Waals surface area contributed by atoms with Gasteiger partial charge in [0.15, 0.2) is 0 Å². The molecular formula is C12H18N2O2. The van der Waals surface area contributed by atoms with E-state index >= 15 is 0 Å². The largest absolute Gasteiger partial charge is 0.481 e. The smallest absolute Gasteiger partial charge is 0.303 e. The standard InChI is InChI=1S/C12H18N2O2/c1-10-5-6-11(9-14-10)8-13-7-3-2-4-12(15)16/h5-6,9,13H,2-4,7-8H2,1H3,(H,15,16). The van der Waals surface area contributed by atoms with Crippen molar-refractivity contribution in [2.45, 2.75) is 32.7 Å². The summed E-state index contributed by atoms with van der Waals surface area (Å²) in [5.41, 5.74) is 2.18. The molecule has 1 aromatic rings. The molecule has 0 fully saturated rings. The lowest BCUT2D eigenvalue weighted by Crippen LogP contribution is -2.15. The summed E-state index contributed by atoms with van der Waals surface area (Å²) in [4.78, 5) is 14.5. The van der Waals surface area contributed by atoms with Crippen LogP contribution in [0.2, 0.25) is 0 Å². The van der Waals surface area contributed by atoms with Gasteiger partial charge in [-0.2, -0.15) is 0 Å². The van der Waals surface area contributed by atoms with Crippen LogP contribution in [0.15, 0.2) is 18.3 Å². The number of pyridine rings is 1. The lowest BCUT2D eigenvalue weighted by atomic mass is 10.2. The first-order chi connectivity index (χ1) is 7.68. The van der Waals surface area contributed by atoms with Crippen LogP contribution in [-0.2, 0) is 11.3 Å². The average molecular weight is 222 g/mol. The average Bonchev–Trinajstić information content (AvgIpc) is 2.25. The van der Waals surface area contributed by atoms with Gasteiger partial charge in [-0.1, -0.05) is 6.07 Å². The summed E-state index contributed by atoms with van der Waals surface area (Å²) in [6.45, 7) is 3.60. The predicted octanol–water partition coefficient (Wildman–Crippen LogP) is 1.73. The number of aryl methyl sites for hydroxylation is 1. The van der Waals surface area contributed by atoms with E-state index in [4.69, 9.17) is 5.11 Å². The van der Waals surface area contributed by atoms with Crippen LogP contribution in [0.4, 0.5) is 0 Å². The number of nitrogens with zero attached hydrogens (tertiary/aromatic N) is 1. The van der Waals surface area contributed by atoms with Gasteiger partial charge in [0.2, 0.25) is 0 Å². The maximum Gasteiger partial charge on any atom is 0.303 e. The second-order valence-corrected chi connectivity index (χ2v) is 3.84. The minimum absolute atomic E-state index is 0.258. The Kier molecular flexibility index (Phi) is 5.50. The number of hydrogen-bond donors (Lipinski definition) is 2. The summed E-state index contributed by atoms with van der Waals surface area (Å²) in [6, 6.07) is 4.04. The first-order valence-corrected chi connectivity index (χ1v) is 5.52. The van der Waals surface area contributed by atoms with Crippen molar-refractivity contribution in [3.63, 3.8) is 0 Å². The summed E-state index contributed by atoms with van der Waals surface area (Å²) >= 11 is 0. The maximum absolute atomic E-state index is 10.3. The van der Waals surface area contributed by atoms with Crippen LogP contribution in [0.5, 0.6) is 0 Å². The first kappa shape index (κ1) is 12.6. The first-order valence-electron chi connectivity index (χ1n) is 5.52. The second-order valence-electron chi connectivity index (χ2n) is 3.84. The zero-order chi connectivity index (χ0) is 11.8. The molecule has 4 nitrogen and oxygen atoms in total. The zero-order valence-corrected chi connectivity index (χ0v) is 9.57. The lowest BCUT2D eigenvalue weighted by molar-refractivity contribution is -0.137. The molecule has 0 amide bonds. The highest BCUT2D eigenvalue weighted by Crippen LogP contribution is 1.99. The molecule has 0 spiro atoms. The quantitative estimate of drug-likeness (QED) is 0.690. The Labute approximate surface area is 95.7 Å². The molecule has 0 aliphatic carbocycles. The van der Waals surface area contributed by atoms with E-state index in [1.54, 1.807) is 0 Å². The van der Waals surface area contributed by atoms with E-state index in [0.29, 0.717) is 0 Å². The van der Waals surface area contributed by atoms with Crippen LogP contribution in [0, 0.1) is 6.92 Å². The van der Waals surface area contributed by atoms with E-state index in [2.05, 4.69) is 10.3 Å². The van der Waals surface area contributed by atoms with Gasteiger partial charge >= 0.3 is 5.97 Å². The minimum Gasteiger partial charge on any atom is -0.481 e. The molecule has 0 saturated heterocycles. The molecular weight excluding hydrogens is 204 g/mol. The lowest BCUT2D eigenvalue weighted by Gasteiger charge is -2.04. The van der Waals surface area contributed by atoms with Gasteiger partial charge < -0.3 is 10.4 Å². The van der Waals surface area contributed by atoms with Crippen molar-refractivity contribution in [3.8, 4) is 0 Å². The fourth-order valence-corrected chi connectivity index (χ4v) is 1.36. The molecule has 0 unspecified atom stereocenters. The molecule has 0 aliphatic heterocycles. The Bertz CT molecular complexity index is 322. The second kappa shape index (κ2) is 6.95. The molecule has 2 N–H and O–H groups in total. The van der Waals surface area contributed by atoms with Crippen LogP contribution in [-0.4, -0.2) is 22.6 Å². The van der Waals surface area contributed by atoms with E-state index in [-0.39, 0.29) is 6.42 Å². The molecule has 0 bridgehead atoms. The monoisotopic (exact) mass is 222 g/mol. The normalized spacial score (nSPS) is 10.3. The number of carbonyl (C=O) groups is 1. The third-order valence-corrected chi connectivity index (χ3v) is 2.30. The third-order valence-electron chi connectivity index (χ3n) is 2.30. The summed E-state index contributed by atoms with van der Waals surface area (Å²) in [7, 11) is 0. The highest BCUT2D eigenvalue weighted by Gasteiger charge is 1.96. The van der Waals surface area contributed by atoms with Gasteiger partial charge in [-0.15, -0.1) is 0 Å². The Morgan fingerprint density at radius 2 is 2.25 bits per heavy atom. The van der Waals surface area contributed by atoms with Crippen molar-refractivity contribution < 1.29 is 9.90 Å². The summed E-state index contributed by atoms with van der Waals surface area (Å²) in [6.07, 6.45) is 3.74.